The van der Waals surface area contributed by atoms with Crippen molar-refractivity contribution in [2.75, 3.05) is 19.6 Å². The molecule has 5 heteroatoms. The van der Waals surface area contributed by atoms with Gasteiger partial charge in [-0.2, -0.15) is 0 Å². The summed E-state index contributed by atoms with van der Waals surface area (Å²) in [6.07, 6.45) is 5.00. The SMILES string of the molecule is CC1CCCCC1CNC(=O)N1CC(C)C(C(=O)O)C1. The monoisotopic (exact) mass is 282 g/mol. The molecule has 2 aliphatic rings. The van der Waals surface area contributed by atoms with E-state index in [4.69, 9.17) is 5.11 Å². The molecule has 4 unspecified atom stereocenters. The van der Waals surface area contributed by atoms with Crippen LogP contribution < -0.4 is 5.32 Å². The average Bonchev–Trinajstić information content (AvgIpc) is 2.80. The third-order valence-corrected chi connectivity index (χ3v) is 5.02. The number of hydrogen-bond donors (Lipinski definition) is 2. The molecule has 2 N–H and O–H groups in total. The van der Waals surface area contributed by atoms with Gasteiger partial charge in [0.1, 0.15) is 0 Å². The van der Waals surface area contributed by atoms with Crippen molar-refractivity contribution in [1.82, 2.24) is 10.2 Å². The van der Waals surface area contributed by atoms with Gasteiger partial charge in [0, 0.05) is 19.6 Å². The van der Waals surface area contributed by atoms with E-state index in [0.29, 0.717) is 24.9 Å². The molecule has 1 saturated heterocycles. The molecule has 114 valence electrons. The summed E-state index contributed by atoms with van der Waals surface area (Å²) in [6.45, 7) is 5.76. The quantitative estimate of drug-likeness (QED) is 0.833. The number of rotatable bonds is 3. The zero-order valence-corrected chi connectivity index (χ0v) is 12.5. The van der Waals surface area contributed by atoms with Gasteiger partial charge in [0.05, 0.1) is 5.92 Å². The van der Waals surface area contributed by atoms with Crippen LogP contribution in [0.4, 0.5) is 4.79 Å². The van der Waals surface area contributed by atoms with Crippen molar-refractivity contribution >= 4 is 12.0 Å². The van der Waals surface area contributed by atoms with Crippen LogP contribution in [0.25, 0.3) is 0 Å². The Morgan fingerprint density at radius 3 is 2.45 bits per heavy atom. The lowest BCUT2D eigenvalue weighted by molar-refractivity contribution is -0.142. The first-order chi connectivity index (χ1) is 9.49. The summed E-state index contributed by atoms with van der Waals surface area (Å²) in [6, 6.07) is -0.0987. The van der Waals surface area contributed by atoms with Crippen LogP contribution in [0.5, 0.6) is 0 Å². The summed E-state index contributed by atoms with van der Waals surface area (Å²) < 4.78 is 0. The molecule has 0 aromatic rings. The molecule has 0 spiro atoms. The Balaban J connectivity index is 1.79. The van der Waals surface area contributed by atoms with E-state index in [1.54, 1.807) is 4.90 Å². The number of likely N-dealkylation sites (tertiary alicyclic amines) is 1. The van der Waals surface area contributed by atoms with Gasteiger partial charge in [-0.3, -0.25) is 4.79 Å². The highest BCUT2D eigenvalue weighted by atomic mass is 16.4. The molecule has 2 amide bonds. The van der Waals surface area contributed by atoms with E-state index in [1.165, 1.54) is 25.7 Å². The zero-order valence-electron chi connectivity index (χ0n) is 12.5. The van der Waals surface area contributed by atoms with Gasteiger partial charge >= 0.3 is 12.0 Å². The van der Waals surface area contributed by atoms with Gasteiger partial charge in [-0.25, -0.2) is 4.79 Å². The lowest BCUT2D eigenvalue weighted by atomic mass is 9.80. The van der Waals surface area contributed by atoms with E-state index in [2.05, 4.69) is 12.2 Å². The Bertz CT molecular complexity index is 372. The Kier molecular flexibility index (Phi) is 4.89. The average molecular weight is 282 g/mol. The maximum absolute atomic E-state index is 12.1. The summed E-state index contributed by atoms with van der Waals surface area (Å²) in [5.41, 5.74) is 0. The third kappa shape index (κ3) is 3.44. The first kappa shape index (κ1) is 15.1. The van der Waals surface area contributed by atoms with E-state index in [-0.39, 0.29) is 11.9 Å². The molecule has 4 atom stereocenters. The van der Waals surface area contributed by atoms with E-state index in [0.717, 1.165) is 6.54 Å². The molecule has 1 aliphatic heterocycles. The minimum atomic E-state index is -0.797. The number of nitrogens with one attached hydrogen (secondary N) is 1. The second kappa shape index (κ2) is 6.46. The molecule has 1 saturated carbocycles. The number of carbonyl (C=O) groups is 2. The Hall–Kier alpha value is -1.26. The number of nitrogens with zero attached hydrogens (tertiary/aromatic N) is 1. The molecular weight excluding hydrogens is 256 g/mol. The van der Waals surface area contributed by atoms with Gasteiger partial charge in [-0.1, -0.05) is 33.1 Å². The summed E-state index contributed by atoms with van der Waals surface area (Å²) in [5.74, 6) is 0.0613. The highest BCUT2D eigenvalue weighted by Gasteiger charge is 2.37. The summed E-state index contributed by atoms with van der Waals surface area (Å²) in [5, 5.41) is 12.1. The Morgan fingerprint density at radius 1 is 1.15 bits per heavy atom. The van der Waals surface area contributed by atoms with Crippen molar-refractivity contribution in [2.24, 2.45) is 23.7 Å². The molecular formula is C15H26N2O3. The first-order valence-corrected chi connectivity index (χ1v) is 7.74. The maximum atomic E-state index is 12.1. The number of hydrogen-bond acceptors (Lipinski definition) is 2. The Labute approximate surface area is 120 Å². The van der Waals surface area contributed by atoms with Crippen LogP contribution in [0.2, 0.25) is 0 Å². The minimum Gasteiger partial charge on any atom is -0.481 e. The predicted molar refractivity (Wildman–Crippen MR) is 76.4 cm³/mol. The van der Waals surface area contributed by atoms with Crippen molar-refractivity contribution in [1.29, 1.82) is 0 Å². The molecule has 0 bridgehead atoms. The number of carboxylic acid groups (broad SMARTS) is 1. The summed E-state index contributed by atoms with van der Waals surface area (Å²) >= 11 is 0. The van der Waals surface area contributed by atoms with Crippen LogP contribution >= 0.6 is 0 Å². The normalized spacial score (nSPS) is 34.0. The van der Waals surface area contributed by atoms with Gasteiger partial charge in [0.15, 0.2) is 0 Å². The van der Waals surface area contributed by atoms with Crippen LogP contribution in [-0.2, 0) is 4.79 Å². The van der Waals surface area contributed by atoms with Gasteiger partial charge in [-0.15, -0.1) is 0 Å². The van der Waals surface area contributed by atoms with Gasteiger partial charge < -0.3 is 15.3 Å². The van der Waals surface area contributed by atoms with Crippen molar-refractivity contribution in [3.8, 4) is 0 Å². The van der Waals surface area contributed by atoms with E-state index in [9.17, 15) is 9.59 Å². The summed E-state index contributed by atoms with van der Waals surface area (Å²) in [7, 11) is 0. The van der Waals surface area contributed by atoms with Gasteiger partial charge in [-0.05, 0) is 24.2 Å². The second-order valence-electron chi connectivity index (χ2n) is 6.53. The van der Waals surface area contributed by atoms with E-state index >= 15 is 0 Å². The van der Waals surface area contributed by atoms with Crippen molar-refractivity contribution in [3.63, 3.8) is 0 Å². The fourth-order valence-corrected chi connectivity index (χ4v) is 3.48. The smallest absolute Gasteiger partial charge is 0.317 e. The fraction of sp³-hybridized carbons (Fsp3) is 0.867. The first-order valence-electron chi connectivity index (χ1n) is 7.74. The Morgan fingerprint density at radius 2 is 1.85 bits per heavy atom. The summed E-state index contributed by atoms with van der Waals surface area (Å²) in [4.78, 5) is 24.8. The van der Waals surface area contributed by atoms with Gasteiger partial charge in [0.2, 0.25) is 0 Å². The highest BCUT2D eigenvalue weighted by Crippen LogP contribution is 2.29. The molecule has 0 radical (unpaired) electrons. The second-order valence-corrected chi connectivity index (χ2v) is 6.53. The molecule has 20 heavy (non-hydrogen) atoms. The largest absolute Gasteiger partial charge is 0.481 e. The molecule has 1 heterocycles. The van der Waals surface area contributed by atoms with Gasteiger partial charge in [0.25, 0.3) is 0 Å². The van der Waals surface area contributed by atoms with Crippen LogP contribution in [0.1, 0.15) is 39.5 Å². The van der Waals surface area contributed by atoms with Crippen LogP contribution in [-0.4, -0.2) is 41.6 Å². The fourth-order valence-electron chi connectivity index (χ4n) is 3.48. The number of carbonyl (C=O) groups excluding carboxylic acids is 1. The topological polar surface area (TPSA) is 69.6 Å². The molecule has 0 aromatic heterocycles. The highest BCUT2D eigenvalue weighted by molar-refractivity contribution is 5.77. The maximum Gasteiger partial charge on any atom is 0.317 e. The lowest BCUT2D eigenvalue weighted by Gasteiger charge is -2.29. The number of urea groups is 1. The lowest BCUT2D eigenvalue weighted by Crippen LogP contribution is -2.42. The van der Waals surface area contributed by atoms with Crippen molar-refractivity contribution in [3.05, 3.63) is 0 Å². The van der Waals surface area contributed by atoms with E-state index in [1.807, 2.05) is 6.92 Å². The van der Waals surface area contributed by atoms with E-state index < -0.39 is 11.9 Å². The molecule has 2 fully saturated rings. The minimum absolute atomic E-state index is 0.0341. The van der Waals surface area contributed by atoms with Crippen LogP contribution in [0.15, 0.2) is 0 Å². The molecule has 1 aliphatic carbocycles. The number of amides is 2. The van der Waals surface area contributed by atoms with Crippen LogP contribution in [0.3, 0.4) is 0 Å². The van der Waals surface area contributed by atoms with Crippen LogP contribution in [0, 0.1) is 23.7 Å². The van der Waals surface area contributed by atoms with Crippen molar-refractivity contribution in [2.45, 2.75) is 39.5 Å². The molecule has 2 rings (SSSR count). The standard InChI is InChI=1S/C15H26N2O3/c1-10-5-3-4-6-12(10)7-16-15(20)17-8-11(2)13(9-17)14(18)19/h10-13H,3-9H2,1-2H3,(H,16,20)(H,18,19). The molecule has 0 aromatic carbocycles. The number of carboxylic acids is 1. The zero-order chi connectivity index (χ0) is 14.7. The predicted octanol–water partition coefficient (Wildman–Crippen LogP) is 2.17. The van der Waals surface area contributed by atoms with Crippen molar-refractivity contribution < 1.29 is 14.7 Å². The third-order valence-electron chi connectivity index (χ3n) is 5.02. The number of aliphatic carboxylic acids is 1. The molecule has 5 nitrogen and oxygen atoms in total.